The minimum Gasteiger partial charge on any atom is -0.329 e. The molecule has 0 bridgehead atoms. The summed E-state index contributed by atoms with van der Waals surface area (Å²) in [6.07, 6.45) is 4.37. The van der Waals surface area contributed by atoms with Crippen LogP contribution in [0.3, 0.4) is 0 Å². The molecule has 0 aromatic carbocycles. The minimum absolute atomic E-state index is 0.230. The summed E-state index contributed by atoms with van der Waals surface area (Å²) >= 11 is 0. The van der Waals surface area contributed by atoms with E-state index in [1.807, 2.05) is 24.4 Å². The Morgan fingerprint density at radius 2 is 2.38 bits per heavy atom. The van der Waals surface area contributed by atoms with Gasteiger partial charge in [0.2, 0.25) is 0 Å². The predicted molar refractivity (Wildman–Crippen MR) is 52.2 cm³/mol. The van der Waals surface area contributed by atoms with E-state index in [4.69, 9.17) is 5.73 Å². The topological polar surface area (TPSA) is 50.9 Å². The third kappa shape index (κ3) is 2.26. The maximum Gasteiger partial charge on any atom is 0.0621 e. The predicted octanol–water partition coefficient (Wildman–Crippen LogP) is 0.833. The fourth-order valence-electron chi connectivity index (χ4n) is 1.39. The highest BCUT2D eigenvalue weighted by molar-refractivity contribution is 5.10. The Bertz CT molecular complexity index is 256. The van der Waals surface area contributed by atoms with Crippen molar-refractivity contribution in [3.05, 3.63) is 30.1 Å². The first-order valence-electron chi connectivity index (χ1n) is 4.77. The summed E-state index contributed by atoms with van der Waals surface area (Å²) < 4.78 is 0. The molecule has 3 nitrogen and oxygen atoms in total. The van der Waals surface area contributed by atoms with Crippen molar-refractivity contribution < 1.29 is 0 Å². The van der Waals surface area contributed by atoms with Gasteiger partial charge in [0, 0.05) is 18.8 Å². The number of nitrogens with zero attached hydrogens (tertiary/aromatic N) is 1. The molecule has 0 aliphatic heterocycles. The van der Waals surface area contributed by atoms with Crippen molar-refractivity contribution in [2.24, 2.45) is 5.73 Å². The molecule has 3 heteroatoms. The van der Waals surface area contributed by atoms with E-state index in [-0.39, 0.29) is 6.04 Å². The van der Waals surface area contributed by atoms with Crippen LogP contribution in [0.2, 0.25) is 0 Å². The van der Waals surface area contributed by atoms with Crippen LogP contribution in [0.25, 0.3) is 0 Å². The Labute approximate surface area is 78.4 Å². The van der Waals surface area contributed by atoms with Crippen LogP contribution in [0, 0.1) is 0 Å². The summed E-state index contributed by atoms with van der Waals surface area (Å²) in [5.74, 6) is 0. The van der Waals surface area contributed by atoms with Crippen molar-refractivity contribution in [3.8, 4) is 0 Å². The first kappa shape index (κ1) is 8.66. The molecule has 0 saturated heterocycles. The molecule has 1 heterocycles. The van der Waals surface area contributed by atoms with Crippen molar-refractivity contribution in [2.45, 2.75) is 24.9 Å². The molecule has 1 fully saturated rings. The van der Waals surface area contributed by atoms with Crippen molar-refractivity contribution in [1.82, 2.24) is 10.3 Å². The molecule has 2 rings (SSSR count). The van der Waals surface area contributed by atoms with Gasteiger partial charge in [-0.25, -0.2) is 0 Å². The van der Waals surface area contributed by atoms with Gasteiger partial charge in [-0.1, -0.05) is 6.07 Å². The molecule has 1 aliphatic rings. The van der Waals surface area contributed by atoms with Gasteiger partial charge in [0.1, 0.15) is 0 Å². The lowest BCUT2D eigenvalue weighted by Gasteiger charge is -2.15. The van der Waals surface area contributed by atoms with Gasteiger partial charge >= 0.3 is 0 Å². The molecule has 3 N–H and O–H groups in total. The molecule has 0 radical (unpaired) electrons. The number of aromatic nitrogens is 1. The number of hydrogen-bond acceptors (Lipinski definition) is 3. The Balaban J connectivity index is 2.02. The molecule has 70 valence electrons. The molecular weight excluding hydrogens is 162 g/mol. The second kappa shape index (κ2) is 3.85. The molecule has 1 unspecified atom stereocenters. The van der Waals surface area contributed by atoms with E-state index < -0.39 is 0 Å². The minimum atomic E-state index is 0.230. The molecule has 0 spiro atoms. The molecule has 13 heavy (non-hydrogen) atoms. The van der Waals surface area contributed by atoms with E-state index in [0.717, 1.165) is 5.69 Å². The lowest BCUT2D eigenvalue weighted by Crippen LogP contribution is -2.30. The highest BCUT2D eigenvalue weighted by atomic mass is 15.0. The number of rotatable bonds is 4. The number of nitrogens with one attached hydrogen (secondary N) is 1. The van der Waals surface area contributed by atoms with Gasteiger partial charge in [0.15, 0.2) is 0 Å². The summed E-state index contributed by atoms with van der Waals surface area (Å²) in [5.41, 5.74) is 6.73. The summed E-state index contributed by atoms with van der Waals surface area (Å²) in [6.45, 7) is 0.619. The molecule has 1 saturated carbocycles. The van der Waals surface area contributed by atoms with Crippen molar-refractivity contribution in [1.29, 1.82) is 0 Å². The SMILES string of the molecule is NCC(NC1CC1)c1ccccn1. The Morgan fingerprint density at radius 3 is 2.92 bits per heavy atom. The first-order valence-corrected chi connectivity index (χ1v) is 4.77. The summed E-state index contributed by atoms with van der Waals surface area (Å²) in [7, 11) is 0. The molecular formula is C10H15N3. The monoisotopic (exact) mass is 177 g/mol. The summed E-state index contributed by atoms with van der Waals surface area (Å²) in [4.78, 5) is 4.29. The second-order valence-corrected chi connectivity index (χ2v) is 3.48. The average Bonchev–Trinajstić information content (AvgIpc) is 2.99. The van der Waals surface area contributed by atoms with Gasteiger partial charge in [-0.15, -0.1) is 0 Å². The lowest BCUT2D eigenvalue weighted by atomic mass is 10.2. The van der Waals surface area contributed by atoms with Gasteiger partial charge in [-0.05, 0) is 25.0 Å². The average molecular weight is 177 g/mol. The Hall–Kier alpha value is -0.930. The zero-order valence-electron chi connectivity index (χ0n) is 7.61. The smallest absolute Gasteiger partial charge is 0.0621 e. The van der Waals surface area contributed by atoms with Crippen LogP contribution in [0.1, 0.15) is 24.6 Å². The molecule has 1 aromatic rings. The third-order valence-corrected chi connectivity index (χ3v) is 2.29. The largest absolute Gasteiger partial charge is 0.329 e. The van der Waals surface area contributed by atoms with Gasteiger partial charge < -0.3 is 11.1 Å². The molecule has 0 amide bonds. The van der Waals surface area contributed by atoms with E-state index in [1.165, 1.54) is 12.8 Å². The number of nitrogens with two attached hydrogens (primary N) is 1. The van der Waals surface area contributed by atoms with Gasteiger partial charge in [-0.3, -0.25) is 4.98 Å². The van der Waals surface area contributed by atoms with Crippen molar-refractivity contribution in [2.75, 3.05) is 6.54 Å². The van der Waals surface area contributed by atoms with E-state index in [0.29, 0.717) is 12.6 Å². The Kier molecular flexibility index (Phi) is 2.57. The van der Waals surface area contributed by atoms with E-state index in [2.05, 4.69) is 10.3 Å². The van der Waals surface area contributed by atoms with Crippen molar-refractivity contribution >= 4 is 0 Å². The third-order valence-electron chi connectivity index (χ3n) is 2.29. The highest BCUT2D eigenvalue weighted by Crippen LogP contribution is 2.22. The quantitative estimate of drug-likeness (QED) is 0.716. The fourth-order valence-corrected chi connectivity index (χ4v) is 1.39. The first-order chi connectivity index (χ1) is 6.40. The second-order valence-electron chi connectivity index (χ2n) is 3.48. The normalized spacial score (nSPS) is 18.5. The van der Waals surface area contributed by atoms with Crippen LogP contribution in [0.15, 0.2) is 24.4 Å². The number of pyridine rings is 1. The van der Waals surface area contributed by atoms with Crippen molar-refractivity contribution in [3.63, 3.8) is 0 Å². The van der Waals surface area contributed by atoms with Crippen LogP contribution in [-0.4, -0.2) is 17.6 Å². The standard InChI is InChI=1S/C10H15N3/c11-7-10(13-8-4-5-8)9-3-1-2-6-12-9/h1-3,6,8,10,13H,4-5,7,11H2. The van der Waals surface area contributed by atoms with Crippen LogP contribution in [-0.2, 0) is 0 Å². The summed E-state index contributed by atoms with van der Waals surface area (Å²) in [6, 6.07) is 6.85. The number of hydrogen-bond donors (Lipinski definition) is 2. The zero-order valence-corrected chi connectivity index (χ0v) is 7.61. The van der Waals surface area contributed by atoms with Gasteiger partial charge in [0.25, 0.3) is 0 Å². The van der Waals surface area contributed by atoms with Gasteiger partial charge in [0.05, 0.1) is 11.7 Å². The Morgan fingerprint density at radius 1 is 1.54 bits per heavy atom. The van der Waals surface area contributed by atoms with Crippen LogP contribution in [0.4, 0.5) is 0 Å². The van der Waals surface area contributed by atoms with E-state index >= 15 is 0 Å². The highest BCUT2D eigenvalue weighted by Gasteiger charge is 2.24. The zero-order chi connectivity index (χ0) is 9.10. The van der Waals surface area contributed by atoms with E-state index in [9.17, 15) is 0 Å². The molecule has 1 aliphatic carbocycles. The van der Waals surface area contributed by atoms with Gasteiger partial charge in [-0.2, -0.15) is 0 Å². The maximum absolute atomic E-state index is 5.68. The molecule has 1 aromatic heterocycles. The fraction of sp³-hybridized carbons (Fsp3) is 0.500. The van der Waals surface area contributed by atoms with E-state index in [1.54, 1.807) is 0 Å². The summed E-state index contributed by atoms with van der Waals surface area (Å²) in [5, 5.41) is 3.47. The van der Waals surface area contributed by atoms with Crippen LogP contribution >= 0.6 is 0 Å². The van der Waals surface area contributed by atoms with Crippen LogP contribution in [0.5, 0.6) is 0 Å². The maximum atomic E-state index is 5.68. The van der Waals surface area contributed by atoms with Crippen LogP contribution < -0.4 is 11.1 Å². The lowest BCUT2D eigenvalue weighted by molar-refractivity contribution is 0.527. The molecule has 1 atom stereocenters.